The lowest BCUT2D eigenvalue weighted by atomic mass is 9.94. The molecule has 47 heavy (non-hydrogen) atoms. The topological polar surface area (TPSA) is 86.8 Å². The van der Waals surface area contributed by atoms with E-state index in [0.717, 1.165) is 53.6 Å². The summed E-state index contributed by atoms with van der Waals surface area (Å²) < 4.78 is 44.3. The third-order valence-electron chi connectivity index (χ3n) is 8.53. The van der Waals surface area contributed by atoms with Gasteiger partial charge in [-0.2, -0.15) is 0 Å². The molecular weight excluding hydrogens is 637 g/mol. The Morgan fingerprint density at radius 1 is 0.872 bits per heavy atom. The molecule has 7 nitrogen and oxygen atoms in total. The Morgan fingerprint density at radius 3 is 2.19 bits per heavy atom. The fraction of sp³-hybridized carbons (Fsp3) is 0.297. The minimum absolute atomic E-state index is 0.0244. The van der Waals surface area contributed by atoms with Crippen LogP contribution in [-0.4, -0.2) is 43.8 Å². The number of anilines is 1. The standard InChI is InChI=1S/C37H39ClFN3O4S/c1-27-20-22-31(23-21-27)47(45,46)42(34-19-11-10-18-33(34)39)26-36(43)41(25-29-14-8-9-17-32(29)38)35(24-28-12-4-2-5-13-28)37(44)40-30-15-6-3-7-16-30/h2,4-5,8-14,17-23,30,35H,3,6-7,15-16,24-26H2,1H3,(H,40,44). The molecule has 0 heterocycles. The van der Waals surface area contributed by atoms with Crippen molar-refractivity contribution in [1.29, 1.82) is 0 Å². The van der Waals surface area contributed by atoms with E-state index < -0.39 is 34.3 Å². The van der Waals surface area contributed by atoms with Gasteiger partial charge >= 0.3 is 0 Å². The Balaban J connectivity index is 1.58. The van der Waals surface area contributed by atoms with Gasteiger partial charge in [0.2, 0.25) is 11.8 Å². The number of nitrogens with zero attached hydrogens (tertiary/aromatic N) is 2. The summed E-state index contributed by atoms with van der Waals surface area (Å²) in [6.07, 6.45) is 4.99. The van der Waals surface area contributed by atoms with Crippen molar-refractivity contribution in [3.8, 4) is 0 Å². The van der Waals surface area contributed by atoms with E-state index in [1.165, 1.54) is 35.2 Å². The fourth-order valence-corrected chi connectivity index (χ4v) is 7.53. The van der Waals surface area contributed by atoms with Gasteiger partial charge in [-0.1, -0.05) is 109 Å². The van der Waals surface area contributed by atoms with Crippen LogP contribution in [0.15, 0.2) is 108 Å². The minimum Gasteiger partial charge on any atom is -0.352 e. The number of amides is 2. The van der Waals surface area contributed by atoms with Crippen molar-refractivity contribution >= 4 is 39.1 Å². The van der Waals surface area contributed by atoms with Gasteiger partial charge in [0, 0.05) is 24.0 Å². The summed E-state index contributed by atoms with van der Waals surface area (Å²) in [4.78, 5) is 30.0. The maximum Gasteiger partial charge on any atom is 0.264 e. The van der Waals surface area contributed by atoms with Crippen molar-refractivity contribution in [3.63, 3.8) is 0 Å². The first-order valence-corrected chi connectivity index (χ1v) is 17.7. The van der Waals surface area contributed by atoms with Gasteiger partial charge in [-0.3, -0.25) is 13.9 Å². The molecular formula is C37H39ClFN3O4S. The van der Waals surface area contributed by atoms with Gasteiger partial charge in [0.15, 0.2) is 0 Å². The van der Waals surface area contributed by atoms with Crippen LogP contribution in [0.5, 0.6) is 0 Å². The van der Waals surface area contributed by atoms with Crippen LogP contribution in [-0.2, 0) is 32.6 Å². The molecule has 1 fully saturated rings. The lowest BCUT2D eigenvalue weighted by Crippen LogP contribution is -2.55. The zero-order valence-electron chi connectivity index (χ0n) is 26.3. The van der Waals surface area contributed by atoms with Crippen LogP contribution in [0.25, 0.3) is 0 Å². The van der Waals surface area contributed by atoms with Gasteiger partial charge in [-0.25, -0.2) is 12.8 Å². The van der Waals surface area contributed by atoms with E-state index in [1.807, 2.05) is 37.3 Å². The van der Waals surface area contributed by atoms with E-state index in [-0.39, 0.29) is 35.5 Å². The van der Waals surface area contributed by atoms with Gasteiger partial charge in [0.05, 0.1) is 10.6 Å². The number of hydrogen-bond acceptors (Lipinski definition) is 4. The summed E-state index contributed by atoms with van der Waals surface area (Å²) in [6.45, 7) is 1.01. The lowest BCUT2D eigenvalue weighted by molar-refractivity contribution is -0.140. The van der Waals surface area contributed by atoms with Gasteiger partial charge in [0.25, 0.3) is 10.0 Å². The third-order valence-corrected chi connectivity index (χ3v) is 10.7. The molecule has 5 rings (SSSR count). The van der Waals surface area contributed by atoms with Crippen LogP contribution in [0.2, 0.25) is 5.02 Å². The predicted octanol–water partition coefficient (Wildman–Crippen LogP) is 7.07. The van der Waals surface area contributed by atoms with Gasteiger partial charge in [-0.15, -0.1) is 0 Å². The van der Waals surface area contributed by atoms with Crippen LogP contribution in [0.4, 0.5) is 10.1 Å². The van der Waals surface area contributed by atoms with Gasteiger partial charge < -0.3 is 10.2 Å². The summed E-state index contributed by atoms with van der Waals surface area (Å²) >= 11 is 6.57. The maximum absolute atomic E-state index is 15.3. The fourth-order valence-electron chi connectivity index (χ4n) is 5.91. The Labute approximate surface area is 281 Å². The zero-order valence-corrected chi connectivity index (χ0v) is 27.9. The molecule has 4 aromatic carbocycles. The molecule has 0 saturated heterocycles. The first kappa shape index (κ1) is 34.1. The van der Waals surface area contributed by atoms with Gasteiger partial charge in [-0.05, 0) is 61.2 Å². The number of aryl methyl sites for hydroxylation is 1. The molecule has 1 aliphatic carbocycles. The number of carbonyl (C=O) groups is 2. The Morgan fingerprint density at radius 2 is 1.51 bits per heavy atom. The van der Waals surface area contributed by atoms with Crippen LogP contribution in [0.1, 0.15) is 48.8 Å². The van der Waals surface area contributed by atoms with Crippen LogP contribution in [0.3, 0.4) is 0 Å². The molecule has 1 unspecified atom stereocenters. The number of halogens is 2. The Hall–Kier alpha value is -4.21. The summed E-state index contributed by atoms with van der Waals surface area (Å²) in [5.41, 5.74) is 1.98. The Bertz CT molecular complexity index is 1780. The largest absolute Gasteiger partial charge is 0.352 e. The summed E-state index contributed by atoms with van der Waals surface area (Å²) in [5.74, 6) is -1.81. The number of hydrogen-bond donors (Lipinski definition) is 1. The van der Waals surface area contributed by atoms with Crippen molar-refractivity contribution < 1.29 is 22.4 Å². The molecule has 2 amide bonds. The molecule has 0 spiro atoms. The second kappa shape index (κ2) is 15.6. The monoisotopic (exact) mass is 675 g/mol. The summed E-state index contributed by atoms with van der Waals surface area (Å²) in [7, 11) is -4.41. The molecule has 4 aromatic rings. The third kappa shape index (κ3) is 8.58. The lowest BCUT2D eigenvalue weighted by Gasteiger charge is -2.35. The normalized spacial score (nSPS) is 14.3. The van der Waals surface area contributed by atoms with Crippen LogP contribution < -0.4 is 9.62 Å². The number of nitrogens with one attached hydrogen (secondary N) is 1. The number of sulfonamides is 1. The highest BCUT2D eigenvalue weighted by molar-refractivity contribution is 7.92. The molecule has 0 aromatic heterocycles. The molecule has 10 heteroatoms. The van der Waals surface area contributed by atoms with Crippen molar-refractivity contribution in [2.75, 3.05) is 10.8 Å². The van der Waals surface area contributed by atoms with E-state index in [4.69, 9.17) is 11.6 Å². The minimum atomic E-state index is -4.41. The van der Waals surface area contributed by atoms with Crippen molar-refractivity contribution in [3.05, 3.63) is 131 Å². The quantitative estimate of drug-likeness (QED) is 0.174. The Kier molecular flexibility index (Phi) is 11.3. The highest BCUT2D eigenvalue weighted by Crippen LogP contribution is 2.28. The first-order valence-electron chi connectivity index (χ1n) is 15.8. The SMILES string of the molecule is Cc1ccc(S(=O)(=O)N(CC(=O)N(Cc2ccccc2Cl)C(Cc2ccccc2)C(=O)NC2CCCCC2)c2ccccc2F)cc1. The van der Waals surface area contributed by atoms with E-state index in [1.54, 1.807) is 36.4 Å². The van der Waals surface area contributed by atoms with Crippen molar-refractivity contribution in [2.24, 2.45) is 0 Å². The van der Waals surface area contributed by atoms with Crippen molar-refractivity contribution in [1.82, 2.24) is 10.2 Å². The van der Waals surface area contributed by atoms with E-state index in [2.05, 4.69) is 5.32 Å². The van der Waals surface area contributed by atoms with Crippen LogP contribution >= 0.6 is 11.6 Å². The van der Waals surface area contributed by atoms with E-state index in [0.29, 0.717) is 10.6 Å². The average Bonchev–Trinajstić information content (AvgIpc) is 3.07. The number of para-hydroxylation sites is 1. The number of carbonyl (C=O) groups excluding carboxylic acids is 2. The second-order valence-electron chi connectivity index (χ2n) is 11.9. The van der Waals surface area contributed by atoms with E-state index >= 15 is 4.39 Å². The predicted molar refractivity (Wildman–Crippen MR) is 183 cm³/mol. The molecule has 0 bridgehead atoms. The molecule has 0 radical (unpaired) electrons. The molecule has 1 aliphatic rings. The molecule has 0 aliphatic heterocycles. The number of rotatable bonds is 12. The van der Waals surface area contributed by atoms with Crippen molar-refractivity contribution in [2.45, 2.75) is 69.0 Å². The van der Waals surface area contributed by atoms with Crippen LogP contribution in [0, 0.1) is 12.7 Å². The van der Waals surface area contributed by atoms with Gasteiger partial charge in [0.1, 0.15) is 18.4 Å². The highest BCUT2D eigenvalue weighted by atomic mass is 35.5. The first-order chi connectivity index (χ1) is 22.6. The molecule has 1 N–H and O–H groups in total. The molecule has 1 atom stereocenters. The van der Waals surface area contributed by atoms with E-state index in [9.17, 15) is 18.0 Å². The summed E-state index contributed by atoms with van der Waals surface area (Å²) in [5, 5.41) is 3.57. The molecule has 246 valence electrons. The second-order valence-corrected chi connectivity index (χ2v) is 14.2. The zero-order chi connectivity index (χ0) is 33.4. The average molecular weight is 676 g/mol. The number of benzene rings is 4. The smallest absolute Gasteiger partial charge is 0.264 e. The summed E-state index contributed by atoms with van der Waals surface area (Å²) in [6, 6.07) is 26.9. The highest BCUT2D eigenvalue weighted by Gasteiger charge is 2.36. The molecule has 1 saturated carbocycles. The maximum atomic E-state index is 15.3.